The Hall–Kier alpha value is -0.890. The van der Waals surface area contributed by atoms with Gasteiger partial charge in [0.05, 0.1) is 12.7 Å². The van der Waals surface area contributed by atoms with Gasteiger partial charge in [0.1, 0.15) is 24.4 Å². The lowest BCUT2D eigenvalue weighted by atomic mass is 9.93. The molecule has 5 atom stereocenters. The van der Waals surface area contributed by atoms with E-state index in [0.717, 1.165) is 0 Å². The monoisotopic (exact) mass is 247 g/mol. The molecule has 0 aromatic carbocycles. The van der Waals surface area contributed by atoms with Gasteiger partial charge in [0.2, 0.25) is 0 Å². The fourth-order valence-electron chi connectivity index (χ4n) is 1.83. The molecule has 0 bridgehead atoms. The van der Waals surface area contributed by atoms with Crippen molar-refractivity contribution in [2.75, 3.05) is 13.2 Å². The topological polar surface area (TPSA) is 139 Å². The normalized spacial score (nSPS) is 37.5. The lowest BCUT2D eigenvalue weighted by molar-refractivity contribution is -0.230. The van der Waals surface area contributed by atoms with Crippen LogP contribution in [0.4, 0.5) is 0 Å². The molecule has 1 rings (SSSR count). The molecule has 8 heteroatoms. The molecule has 98 valence electrons. The summed E-state index contributed by atoms with van der Waals surface area (Å²) in [7, 11) is 0. The first kappa shape index (κ1) is 14.2. The molecule has 0 saturated carbocycles. The number of ether oxygens (including phenoxy) is 1. The highest BCUT2D eigenvalue weighted by atomic mass is 16.5. The summed E-state index contributed by atoms with van der Waals surface area (Å²) in [6.07, 6.45) is -4.57. The fourth-order valence-corrected chi connectivity index (χ4v) is 1.83. The average molecular weight is 247 g/mol. The Kier molecular flexibility index (Phi) is 5.63. The Labute approximate surface area is 98.1 Å². The van der Waals surface area contributed by atoms with Crippen LogP contribution in [-0.2, 0) is 4.74 Å². The Morgan fingerprint density at radius 2 is 1.76 bits per heavy atom. The summed E-state index contributed by atoms with van der Waals surface area (Å²) < 4.78 is 5.27. The van der Waals surface area contributed by atoms with E-state index in [2.05, 4.69) is 10.0 Å². The molecule has 0 spiro atoms. The van der Waals surface area contributed by atoms with Gasteiger partial charge in [0.25, 0.3) is 0 Å². The highest BCUT2D eigenvalue weighted by Crippen LogP contribution is 2.23. The van der Waals surface area contributed by atoms with E-state index in [1.165, 1.54) is 0 Å². The highest BCUT2D eigenvalue weighted by molar-refractivity contribution is 4.91. The molecule has 8 nitrogen and oxygen atoms in total. The number of hydrogen-bond acceptors (Lipinski definition) is 6. The smallest absolute Gasteiger partial charge is 0.111 e. The van der Waals surface area contributed by atoms with Gasteiger partial charge >= 0.3 is 0 Å². The minimum absolute atomic E-state index is 0.269. The maximum atomic E-state index is 9.66. The molecule has 1 saturated heterocycles. The van der Waals surface area contributed by atoms with Crippen LogP contribution in [0.5, 0.6) is 0 Å². The average Bonchev–Trinajstić information content (AvgIpc) is 2.34. The summed E-state index contributed by atoms with van der Waals surface area (Å²) in [5.74, 6) is 0. The van der Waals surface area contributed by atoms with Crippen molar-refractivity contribution >= 4 is 0 Å². The quantitative estimate of drug-likeness (QED) is 0.212. The van der Waals surface area contributed by atoms with E-state index in [4.69, 9.17) is 15.4 Å². The van der Waals surface area contributed by atoms with Crippen molar-refractivity contribution in [3.8, 4) is 0 Å². The number of aliphatic hydroxyl groups is 4. The van der Waals surface area contributed by atoms with Crippen LogP contribution in [0.15, 0.2) is 5.11 Å². The second kappa shape index (κ2) is 6.75. The molecule has 1 heterocycles. The summed E-state index contributed by atoms with van der Waals surface area (Å²) >= 11 is 0. The van der Waals surface area contributed by atoms with Crippen molar-refractivity contribution in [3.63, 3.8) is 0 Å². The van der Waals surface area contributed by atoms with E-state index >= 15 is 0 Å². The predicted octanol–water partition coefficient (Wildman–Crippen LogP) is -1.08. The number of nitrogens with zero attached hydrogens (tertiary/aromatic N) is 3. The van der Waals surface area contributed by atoms with Crippen molar-refractivity contribution in [2.24, 2.45) is 5.11 Å². The third kappa shape index (κ3) is 3.53. The van der Waals surface area contributed by atoms with Crippen LogP contribution in [0, 0.1) is 0 Å². The second-order valence-corrected chi connectivity index (χ2v) is 3.96. The molecule has 0 radical (unpaired) electrons. The molecule has 0 aromatic rings. The minimum Gasteiger partial charge on any atom is -0.394 e. The van der Waals surface area contributed by atoms with Crippen LogP contribution in [0.1, 0.15) is 12.8 Å². The Morgan fingerprint density at radius 3 is 2.35 bits per heavy atom. The standard InChI is InChI=1S/C9H17N3O5/c10-12-11-3-1-2-5-7(14)9(16)8(15)6(4-13)17-5/h5-9,13-16H,1-4H2. The number of hydrogen-bond donors (Lipinski definition) is 4. The first-order valence-corrected chi connectivity index (χ1v) is 5.43. The van der Waals surface area contributed by atoms with Gasteiger partial charge in [-0.1, -0.05) is 5.11 Å². The first-order chi connectivity index (χ1) is 8.11. The van der Waals surface area contributed by atoms with Gasteiger partial charge in [0.15, 0.2) is 0 Å². The maximum absolute atomic E-state index is 9.66. The van der Waals surface area contributed by atoms with E-state index < -0.39 is 37.1 Å². The van der Waals surface area contributed by atoms with E-state index in [1.54, 1.807) is 0 Å². The fraction of sp³-hybridized carbons (Fsp3) is 1.00. The van der Waals surface area contributed by atoms with Gasteiger partial charge in [-0.2, -0.15) is 0 Å². The van der Waals surface area contributed by atoms with Crippen molar-refractivity contribution < 1.29 is 25.2 Å². The SMILES string of the molecule is [N-]=[N+]=NCCCC1OC(CO)C(O)C(O)C1O. The molecule has 0 amide bonds. The van der Waals surface area contributed by atoms with Crippen molar-refractivity contribution in [3.05, 3.63) is 10.4 Å². The van der Waals surface area contributed by atoms with Gasteiger partial charge in [-0.05, 0) is 18.4 Å². The molecule has 1 aliphatic rings. The van der Waals surface area contributed by atoms with E-state index in [-0.39, 0.29) is 6.54 Å². The molecule has 0 aliphatic carbocycles. The minimum atomic E-state index is -1.34. The highest BCUT2D eigenvalue weighted by Gasteiger charge is 2.42. The summed E-state index contributed by atoms with van der Waals surface area (Å²) in [5, 5.41) is 41.0. The zero-order chi connectivity index (χ0) is 12.8. The zero-order valence-corrected chi connectivity index (χ0v) is 9.25. The molecular weight excluding hydrogens is 230 g/mol. The molecule has 1 aliphatic heterocycles. The van der Waals surface area contributed by atoms with Crippen molar-refractivity contribution in [2.45, 2.75) is 43.4 Å². The summed E-state index contributed by atoms with van der Waals surface area (Å²) in [5.41, 5.74) is 8.08. The summed E-state index contributed by atoms with van der Waals surface area (Å²) in [6.45, 7) is -0.163. The molecule has 5 unspecified atom stereocenters. The van der Waals surface area contributed by atoms with Crippen LogP contribution in [-0.4, -0.2) is 64.1 Å². The van der Waals surface area contributed by atoms with Gasteiger partial charge in [-0.3, -0.25) is 0 Å². The molecule has 0 aromatic heterocycles. The molecule has 17 heavy (non-hydrogen) atoms. The van der Waals surface area contributed by atoms with E-state index in [0.29, 0.717) is 12.8 Å². The number of aliphatic hydroxyl groups excluding tert-OH is 4. The Balaban J connectivity index is 2.50. The van der Waals surface area contributed by atoms with Crippen LogP contribution in [0.25, 0.3) is 10.4 Å². The lowest BCUT2D eigenvalue weighted by Gasteiger charge is -2.40. The Bertz CT molecular complexity index is 282. The van der Waals surface area contributed by atoms with Gasteiger partial charge in [-0.25, -0.2) is 0 Å². The van der Waals surface area contributed by atoms with Crippen LogP contribution < -0.4 is 0 Å². The summed E-state index contributed by atoms with van der Waals surface area (Å²) in [4.78, 5) is 2.59. The molecular formula is C9H17N3O5. The van der Waals surface area contributed by atoms with Gasteiger partial charge in [0, 0.05) is 11.5 Å². The van der Waals surface area contributed by atoms with Crippen LogP contribution in [0.3, 0.4) is 0 Å². The number of rotatable bonds is 5. The lowest BCUT2D eigenvalue weighted by Crippen LogP contribution is -2.58. The first-order valence-electron chi connectivity index (χ1n) is 5.43. The zero-order valence-electron chi connectivity index (χ0n) is 9.25. The third-order valence-electron chi connectivity index (χ3n) is 2.80. The maximum Gasteiger partial charge on any atom is 0.111 e. The summed E-state index contributed by atoms with van der Waals surface area (Å²) in [6, 6.07) is 0. The Morgan fingerprint density at radius 1 is 1.12 bits per heavy atom. The molecule has 1 fully saturated rings. The van der Waals surface area contributed by atoms with Crippen molar-refractivity contribution in [1.82, 2.24) is 0 Å². The van der Waals surface area contributed by atoms with Gasteiger partial charge < -0.3 is 25.2 Å². The van der Waals surface area contributed by atoms with Crippen molar-refractivity contribution in [1.29, 1.82) is 0 Å². The van der Waals surface area contributed by atoms with Gasteiger partial charge in [-0.15, -0.1) is 0 Å². The predicted molar refractivity (Wildman–Crippen MR) is 57.0 cm³/mol. The van der Waals surface area contributed by atoms with Crippen LogP contribution in [0.2, 0.25) is 0 Å². The van der Waals surface area contributed by atoms with Crippen LogP contribution >= 0.6 is 0 Å². The third-order valence-corrected chi connectivity index (χ3v) is 2.80. The van der Waals surface area contributed by atoms with E-state index in [1.807, 2.05) is 0 Å². The number of azide groups is 1. The second-order valence-electron chi connectivity index (χ2n) is 3.96. The van der Waals surface area contributed by atoms with E-state index in [9.17, 15) is 15.3 Å². The molecule has 4 N–H and O–H groups in total. The largest absolute Gasteiger partial charge is 0.394 e.